The number of benzene rings is 1. The number of amides is 1. The molecule has 10 heteroatoms. The number of allylic oxidation sites excluding steroid dienone is 4. The van der Waals surface area contributed by atoms with E-state index in [4.69, 9.17) is 21.1 Å². The van der Waals surface area contributed by atoms with Crippen molar-refractivity contribution < 1.29 is 19.1 Å². The Bertz CT molecular complexity index is 1560. The van der Waals surface area contributed by atoms with Crippen LogP contribution in [0.25, 0.3) is 11.3 Å². The Morgan fingerprint density at radius 3 is 2.50 bits per heavy atom. The lowest BCUT2D eigenvalue weighted by Crippen LogP contribution is -2.33. The molecule has 0 saturated heterocycles. The molecule has 1 aromatic carbocycles. The van der Waals surface area contributed by atoms with Crippen LogP contribution < -0.4 is 9.47 Å². The zero-order valence-electron chi connectivity index (χ0n) is 21.2. The summed E-state index contributed by atoms with van der Waals surface area (Å²) in [5.41, 5.74) is 3.91. The van der Waals surface area contributed by atoms with Crippen LogP contribution in [0.15, 0.2) is 59.4 Å². The van der Waals surface area contributed by atoms with Gasteiger partial charge in [0.05, 0.1) is 54.1 Å². The number of rotatable bonds is 6. The van der Waals surface area contributed by atoms with E-state index in [1.54, 1.807) is 42.6 Å². The number of hydrogen-bond donors (Lipinski definition) is 0. The van der Waals surface area contributed by atoms with Gasteiger partial charge in [-0.25, -0.2) is 4.98 Å². The minimum absolute atomic E-state index is 0.0892. The lowest BCUT2D eigenvalue weighted by Gasteiger charge is -2.31. The number of methoxy groups -OCH3 is 2. The van der Waals surface area contributed by atoms with E-state index in [-0.39, 0.29) is 35.9 Å². The van der Waals surface area contributed by atoms with Gasteiger partial charge in [-0.1, -0.05) is 29.8 Å². The molecule has 3 aromatic rings. The Hall–Kier alpha value is -4.42. The van der Waals surface area contributed by atoms with Crippen molar-refractivity contribution in [2.75, 3.05) is 14.2 Å². The largest absolute Gasteiger partial charge is 0.480 e. The van der Waals surface area contributed by atoms with E-state index in [2.05, 4.69) is 16.0 Å². The van der Waals surface area contributed by atoms with E-state index in [0.717, 1.165) is 5.56 Å². The van der Waals surface area contributed by atoms with Crippen molar-refractivity contribution in [2.24, 2.45) is 0 Å². The first-order valence-electron chi connectivity index (χ1n) is 11.9. The van der Waals surface area contributed by atoms with E-state index >= 15 is 0 Å². The summed E-state index contributed by atoms with van der Waals surface area (Å²) in [5.74, 6) is -0.223. The van der Waals surface area contributed by atoms with Crippen molar-refractivity contribution in [1.29, 1.82) is 5.26 Å². The second kappa shape index (κ2) is 9.80. The number of hydrogen-bond acceptors (Lipinski definition) is 7. The van der Waals surface area contributed by atoms with Gasteiger partial charge in [0.15, 0.2) is 5.78 Å². The van der Waals surface area contributed by atoms with E-state index in [1.165, 1.54) is 25.2 Å². The number of Topliss-reactive ketones (excluding diaryl/α,β-unsaturated/α-hetero) is 1. The fourth-order valence-electron chi connectivity index (χ4n) is 4.97. The highest BCUT2D eigenvalue weighted by atomic mass is 35.5. The summed E-state index contributed by atoms with van der Waals surface area (Å²) < 4.78 is 12.7. The number of carbonyl (C=O) groups excluding carboxylic acids is 2. The Morgan fingerprint density at radius 1 is 1.13 bits per heavy atom. The summed E-state index contributed by atoms with van der Waals surface area (Å²) >= 11 is 6.28. The predicted molar refractivity (Wildman–Crippen MR) is 140 cm³/mol. The Labute approximate surface area is 224 Å². The maximum Gasteiger partial charge on any atom is 0.319 e. The van der Waals surface area contributed by atoms with Gasteiger partial charge in [-0.3, -0.25) is 14.5 Å². The minimum Gasteiger partial charge on any atom is -0.480 e. The number of fused-ring (bicyclic) bond motifs is 1. The van der Waals surface area contributed by atoms with Crippen molar-refractivity contribution in [3.63, 3.8) is 0 Å². The van der Waals surface area contributed by atoms with Crippen molar-refractivity contribution >= 4 is 23.3 Å². The van der Waals surface area contributed by atoms with E-state index in [9.17, 15) is 14.9 Å². The maximum atomic E-state index is 14.1. The van der Waals surface area contributed by atoms with Gasteiger partial charge in [0, 0.05) is 23.7 Å². The zero-order chi connectivity index (χ0) is 27.1. The van der Waals surface area contributed by atoms with Crippen LogP contribution >= 0.6 is 11.6 Å². The molecular formula is C28H24ClN5O4. The normalized spacial score (nSPS) is 16.8. The fraction of sp³-hybridized carbons (Fsp3) is 0.250. The summed E-state index contributed by atoms with van der Waals surface area (Å²) in [6.07, 6.45) is 4.87. The molecule has 1 unspecified atom stereocenters. The third-order valence-electron chi connectivity index (χ3n) is 6.60. The number of ketones is 1. The van der Waals surface area contributed by atoms with E-state index in [1.807, 2.05) is 18.4 Å². The summed E-state index contributed by atoms with van der Waals surface area (Å²) in [7, 11) is 2.98. The average Bonchev–Trinajstić information content (AvgIpc) is 3.44. The molecule has 3 heterocycles. The highest BCUT2D eigenvalue weighted by Crippen LogP contribution is 2.47. The molecule has 1 amide bonds. The molecule has 192 valence electrons. The van der Waals surface area contributed by atoms with Crippen molar-refractivity contribution in [3.05, 3.63) is 81.8 Å². The lowest BCUT2D eigenvalue weighted by molar-refractivity contribution is -0.116. The van der Waals surface area contributed by atoms with Crippen LogP contribution in [0, 0.1) is 11.3 Å². The number of ether oxygens (including phenoxy) is 2. The van der Waals surface area contributed by atoms with Gasteiger partial charge in [-0.05, 0) is 43.7 Å². The molecule has 1 atom stereocenters. The smallest absolute Gasteiger partial charge is 0.319 e. The van der Waals surface area contributed by atoms with Gasteiger partial charge < -0.3 is 14.0 Å². The van der Waals surface area contributed by atoms with Crippen LogP contribution in [0.2, 0.25) is 0 Å². The van der Waals surface area contributed by atoms with Crippen LogP contribution in [0.3, 0.4) is 0 Å². The van der Waals surface area contributed by atoms with Gasteiger partial charge in [-0.2, -0.15) is 10.2 Å². The van der Waals surface area contributed by atoms with Crippen molar-refractivity contribution in [3.8, 4) is 29.2 Å². The molecule has 0 N–H and O–H groups in total. The molecule has 1 aliphatic heterocycles. The molecule has 0 radical (unpaired) electrons. The van der Waals surface area contributed by atoms with Gasteiger partial charge >= 0.3 is 6.01 Å². The van der Waals surface area contributed by atoms with Crippen LogP contribution in [-0.2, 0) is 4.79 Å². The molecule has 2 aromatic heterocycles. The van der Waals surface area contributed by atoms with Gasteiger partial charge in [-0.15, -0.1) is 0 Å². The van der Waals surface area contributed by atoms with Gasteiger partial charge in [0.1, 0.15) is 6.04 Å². The summed E-state index contributed by atoms with van der Waals surface area (Å²) in [6.45, 7) is 4.02. The molecule has 38 heavy (non-hydrogen) atoms. The standard InChI is InChI=1S/C28H24ClN5O4/c1-15(2)33-21(20-14-31-28(38-4)32-26(20)37-3)12-19-25(33)24(17-7-5-16(13-30)6-8-17)34(27(19)36)22-11-18(29)9-10-23(22)35/h5-9,11-12,14-15,24H,10H2,1-4H3. The van der Waals surface area contributed by atoms with Crippen LogP contribution in [0.1, 0.15) is 59.5 Å². The quantitative estimate of drug-likeness (QED) is 0.444. The predicted octanol–water partition coefficient (Wildman–Crippen LogP) is 4.94. The Kier molecular flexibility index (Phi) is 6.51. The number of nitriles is 1. The van der Waals surface area contributed by atoms with Crippen LogP contribution in [0.4, 0.5) is 0 Å². The number of aromatic nitrogens is 3. The number of halogens is 1. The number of nitrogens with zero attached hydrogens (tertiary/aromatic N) is 5. The lowest BCUT2D eigenvalue weighted by atomic mass is 9.99. The second-order valence-electron chi connectivity index (χ2n) is 9.13. The maximum absolute atomic E-state index is 14.1. The zero-order valence-corrected chi connectivity index (χ0v) is 22.0. The van der Waals surface area contributed by atoms with Crippen molar-refractivity contribution in [1.82, 2.24) is 19.4 Å². The molecular weight excluding hydrogens is 506 g/mol. The molecule has 0 saturated carbocycles. The molecule has 2 aliphatic rings. The average molecular weight is 530 g/mol. The monoisotopic (exact) mass is 529 g/mol. The third kappa shape index (κ3) is 4.03. The molecule has 9 nitrogen and oxygen atoms in total. The Morgan fingerprint density at radius 2 is 1.87 bits per heavy atom. The molecule has 0 spiro atoms. The summed E-state index contributed by atoms with van der Waals surface area (Å²) in [4.78, 5) is 37.2. The minimum atomic E-state index is -0.635. The first-order valence-corrected chi connectivity index (χ1v) is 12.3. The summed E-state index contributed by atoms with van der Waals surface area (Å²) in [5, 5.41) is 9.72. The van der Waals surface area contributed by atoms with Gasteiger partial charge in [0.2, 0.25) is 5.88 Å². The highest BCUT2D eigenvalue weighted by Gasteiger charge is 2.45. The topological polar surface area (TPSA) is 110 Å². The fourth-order valence-corrected chi connectivity index (χ4v) is 5.15. The SMILES string of the molecule is COc1ncc(-c2cc3c(n2C(C)C)C(c2ccc(C#N)cc2)N(C2=CC(Cl)=CCC2=O)C3=O)c(OC)n1. The first-order chi connectivity index (χ1) is 18.3. The van der Waals surface area contributed by atoms with Crippen LogP contribution in [-0.4, -0.2) is 45.3 Å². The summed E-state index contributed by atoms with van der Waals surface area (Å²) in [6, 6.07) is 10.3. The third-order valence-corrected chi connectivity index (χ3v) is 6.86. The van der Waals surface area contributed by atoms with Crippen molar-refractivity contribution in [2.45, 2.75) is 32.4 Å². The van der Waals surface area contributed by atoms with E-state index < -0.39 is 6.04 Å². The Balaban J connectivity index is 1.77. The molecule has 1 aliphatic carbocycles. The van der Waals surface area contributed by atoms with Gasteiger partial charge in [0.25, 0.3) is 5.91 Å². The second-order valence-corrected chi connectivity index (χ2v) is 9.57. The highest BCUT2D eigenvalue weighted by molar-refractivity contribution is 6.32. The molecule has 0 fully saturated rings. The van der Waals surface area contributed by atoms with Crippen LogP contribution in [0.5, 0.6) is 11.9 Å². The van der Waals surface area contributed by atoms with E-state index in [0.29, 0.717) is 39.0 Å². The first kappa shape index (κ1) is 25.2. The number of carbonyl (C=O) groups is 2. The molecule has 5 rings (SSSR count). The molecule has 0 bridgehead atoms.